The fraction of sp³-hybridized carbons (Fsp3) is 0.100. The smallest absolute Gasteiger partial charge is 0.125 e. The molecule has 0 amide bonds. The molecule has 0 aliphatic carbocycles. The number of rotatable bonds is 1. The highest BCUT2D eigenvalue weighted by atomic mass is 79.9. The summed E-state index contributed by atoms with van der Waals surface area (Å²) in [6, 6.07) is 6.41. The third kappa shape index (κ3) is 1.70. The molecule has 2 nitrogen and oxygen atoms in total. The van der Waals surface area contributed by atoms with Crippen LogP contribution in [0.25, 0.3) is 5.69 Å². The molecule has 0 aliphatic rings. The van der Waals surface area contributed by atoms with Gasteiger partial charge in [-0.2, -0.15) is 0 Å². The van der Waals surface area contributed by atoms with E-state index in [0.717, 1.165) is 16.1 Å². The molecule has 2 aromatic rings. The van der Waals surface area contributed by atoms with Gasteiger partial charge in [-0.3, -0.25) is 0 Å². The van der Waals surface area contributed by atoms with Gasteiger partial charge in [0, 0.05) is 11.9 Å². The second-order valence-corrected chi connectivity index (χ2v) is 3.77. The van der Waals surface area contributed by atoms with E-state index in [0.29, 0.717) is 0 Å². The third-order valence-electron chi connectivity index (χ3n) is 1.94. The van der Waals surface area contributed by atoms with Crippen molar-refractivity contribution in [2.75, 3.05) is 0 Å². The molecular weight excluding hydrogens is 247 g/mol. The van der Waals surface area contributed by atoms with Crippen LogP contribution >= 0.6 is 15.9 Å². The van der Waals surface area contributed by atoms with Crippen LogP contribution in [0.5, 0.6) is 0 Å². The van der Waals surface area contributed by atoms with Crippen LogP contribution in [0.15, 0.2) is 35.1 Å². The molecule has 0 bridgehead atoms. The number of hydrogen-bond donors (Lipinski definition) is 0. The Bertz CT molecular complexity index is 465. The standard InChI is InChI=1S/C10H8BrFN2/c1-7-13-10(11)6-14(7)9-4-2-3-8(12)5-9/h2-6H,1H3. The molecule has 0 fully saturated rings. The number of hydrogen-bond acceptors (Lipinski definition) is 1. The molecule has 0 unspecified atom stereocenters. The second kappa shape index (κ2) is 3.53. The largest absolute Gasteiger partial charge is 0.303 e. The van der Waals surface area contributed by atoms with Crippen molar-refractivity contribution in [2.24, 2.45) is 0 Å². The monoisotopic (exact) mass is 254 g/mol. The van der Waals surface area contributed by atoms with Crippen LogP contribution in [0.4, 0.5) is 4.39 Å². The summed E-state index contributed by atoms with van der Waals surface area (Å²) in [4.78, 5) is 4.17. The van der Waals surface area contributed by atoms with Crippen molar-refractivity contribution in [1.82, 2.24) is 9.55 Å². The summed E-state index contributed by atoms with van der Waals surface area (Å²) in [5.41, 5.74) is 0.778. The van der Waals surface area contributed by atoms with Gasteiger partial charge in [0.1, 0.15) is 16.2 Å². The van der Waals surface area contributed by atoms with Crippen LogP contribution in [0.2, 0.25) is 0 Å². The highest BCUT2D eigenvalue weighted by molar-refractivity contribution is 9.10. The first-order valence-corrected chi connectivity index (χ1v) is 4.93. The summed E-state index contributed by atoms with van der Waals surface area (Å²) in [6.45, 7) is 1.87. The molecule has 0 saturated carbocycles. The summed E-state index contributed by atoms with van der Waals surface area (Å²) in [5, 5.41) is 0. The summed E-state index contributed by atoms with van der Waals surface area (Å²) in [6.07, 6.45) is 1.81. The number of aryl methyl sites for hydroxylation is 1. The van der Waals surface area contributed by atoms with Gasteiger partial charge in [-0.05, 0) is 41.1 Å². The lowest BCUT2D eigenvalue weighted by molar-refractivity contribution is 0.626. The Morgan fingerprint density at radius 1 is 1.43 bits per heavy atom. The van der Waals surface area contributed by atoms with Crippen LogP contribution in [0.1, 0.15) is 5.82 Å². The number of benzene rings is 1. The van der Waals surface area contributed by atoms with E-state index in [1.165, 1.54) is 12.1 Å². The van der Waals surface area contributed by atoms with E-state index < -0.39 is 0 Å². The van der Waals surface area contributed by atoms with Gasteiger partial charge in [0.05, 0.1) is 0 Å². The normalized spacial score (nSPS) is 10.5. The zero-order valence-corrected chi connectivity index (χ0v) is 9.12. The predicted octanol–water partition coefficient (Wildman–Crippen LogP) is 3.08. The van der Waals surface area contributed by atoms with Gasteiger partial charge in [0.25, 0.3) is 0 Å². The Kier molecular flexibility index (Phi) is 2.37. The van der Waals surface area contributed by atoms with Gasteiger partial charge in [-0.25, -0.2) is 9.37 Å². The van der Waals surface area contributed by atoms with Crippen LogP contribution in [0, 0.1) is 12.7 Å². The fourth-order valence-electron chi connectivity index (χ4n) is 1.32. The Hall–Kier alpha value is -1.16. The Morgan fingerprint density at radius 2 is 2.21 bits per heavy atom. The van der Waals surface area contributed by atoms with Crippen molar-refractivity contribution in [3.63, 3.8) is 0 Å². The lowest BCUT2D eigenvalue weighted by atomic mass is 10.3. The third-order valence-corrected chi connectivity index (χ3v) is 2.32. The maximum atomic E-state index is 12.9. The molecule has 0 radical (unpaired) electrons. The predicted molar refractivity (Wildman–Crippen MR) is 56.0 cm³/mol. The van der Waals surface area contributed by atoms with Gasteiger partial charge >= 0.3 is 0 Å². The van der Waals surface area contributed by atoms with E-state index in [9.17, 15) is 4.39 Å². The Labute approximate surface area is 89.5 Å². The molecule has 1 heterocycles. The fourth-order valence-corrected chi connectivity index (χ4v) is 1.79. The molecule has 2 rings (SSSR count). The summed E-state index contributed by atoms with van der Waals surface area (Å²) >= 11 is 3.27. The zero-order valence-electron chi connectivity index (χ0n) is 7.54. The summed E-state index contributed by atoms with van der Waals surface area (Å²) in [7, 11) is 0. The average Bonchev–Trinajstić information content (AvgIpc) is 2.45. The molecule has 0 spiro atoms. The molecule has 1 aromatic carbocycles. The zero-order chi connectivity index (χ0) is 10.1. The molecule has 1 aromatic heterocycles. The Balaban J connectivity index is 2.54. The van der Waals surface area contributed by atoms with Crippen LogP contribution in [-0.4, -0.2) is 9.55 Å². The van der Waals surface area contributed by atoms with E-state index in [-0.39, 0.29) is 5.82 Å². The van der Waals surface area contributed by atoms with Crippen molar-refractivity contribution >= 4 is 15.9 Å². The van der Waals surface area contributed by atoms with Crippen molar-refractivity contribution in [3.05, 3.63) is 46.7 Å². The molecule has 72 valence electrons. The van der Waals surface area contributed by atoms with Crippen LogP contribution in [-0.2, 0) is 0 Å². The number of halogens is 2. The van der Waals surface area contributed by atoms with Crippen molar-refractivity contribution in [3.8, 4) is 5.69 Å². The molecule has 0 N–H and O–H groups in total. The second-order valence-electron chi connectivity index (χ2n) is 2.96. The average molecular weight is 255 g/mol. The topological polar surface area (TPSA) is 17.8 Å². The van der Waals surface area contributed by atoms with E-state index in [1.54, 1.807) is 6.07 Å². The van der Waals surface area contributed by atoms with Gasteiger partial charge in [0.15, 0.2) is 0 Å². The lowest BCUT2D eigenvalue weighted by Gasteiger charge is -2.03. The van der Waals surface area contributed by atoms with E-state index in [1.807, 2.05) is 23.8 Å². The summed E-state index contributed by atoms with van der Waals surface area (Å²) < 4.78 is 15.5. The van der Waals surface area contributed by atoms with Gasteiger partial charge in [-0.15, -0.1) is 0 Å². The molecule has 4 heteroatoms. The van der Waals surface area contributed by atoms with E-state index in [2.05, 4.69) is 20.9 Å². The SMILES string of the molecule is Cc1nc(Br)cn1-c1cccc(F)c1. The highest BCUT2D eigenvalue weighted by Gasteiger charge is 2.03. The van der Waals surface area contributed by atoms with Crippen molar-refractivity contribution < 1.29 is 4.39 Å². The first-order chi connectivity index (χ1) is 6.66. The highest BCUT2D eigenvalue weighted by Crippen LogP contribution is 2.16. The van der Waals surface area contributed by atoms with Crippen LogP contribution < -0.4 is 0 Å². The molecular formula is C10H8BrFN2. The van der Waals surface area contributed by atoms with Gasteiger partial charge in [-0.1, -0.05) is 6.07 Å². The first-order valence-electron chi connectivity index (χ1n) is 4.14. The van der Waals surface area contributed by atoms with Crippen molar-refractivity contribution in [2.45, 2.75) is 6.92 Å². The number of aromatic nitrogens is 2. The first kappa shape index (κ1) is 9.40. The number of nitrogens with zero attached hydrogens (tertiary/aromatic N) is 2. The van der Waals surface area contributed by atoms with Crippen LogP contribution in [0.3, 0.4) is 0 Å². The maximum Gasteiger partial charge on any atom is 0.125 e. The molecule has 0 aliphatic heterocycles. The molecule has 0 atom stereocenters. The quantitative estimate of drug-likeness (QED) is 0.765. The minimum absolute atomic E-state index is 0.244. The summed E-state index contributed by atoms with van der Waals surface area (Å²) in [5.74, 6) is 0.578. The minimum atomic E-state index is -0.244. The molecule has 0 saturated heterocycles. The maximum absolute atomic E-state index is 12.9. The Morgan fingerprint density at radius 3 is 2.79 bits per heavy atom. The minimum Gasteiger partial charge on any atom is -0.303 e. The van der Waals surface area contributed by atoms with Gasteiger partial charge < -0.3 is 4.57 Å². The van der Waals surface area contributed by atoms with E-state index >= 15 is 0 Å². The van der Waals surface area contributed by atoms with E-state index in [4.69, 9.17) is 0 Å². The molecule has 14 heavy (non-hydrogen) atoms. The van der Waals surface area contributed by atoms with Gasteiger partial charge in [0.2, 0.25) is 0 Å². The number of imidazole rings is 1. The lowest BCUT2D eigenvalue weighted by Crippen LogP contribution is -1.95. The van der Waals surface area contributed by atoms with Crippen molar-refractivity contribution in [1.29, 1.82) is 0 Å².